The summed E-state index contributed by atoms with van der Waals surface area (Å²) >= 11 is 0. The monoisotopic (exact) mass is 285 g/mol. The molecular formula is C14H19N7. The standard InChI is InChI=1S/C14H19N7/c1-15-12-7-14(20-10-19-12)21-6-2-3-11(21)8-18-13-9-16-4-5-17-13/h4-5,7,9-11H,2-3,6,8H2,1H3,(H,17,18)(H,15,19,20). The van der Waals surface area contributed by atoms with Crippen molar-refractivity contribution in [3.8, 4) is 0 Å². The van der Waals surface area contributed by atoms with E-state index in [9.17, 15) is 0 Å². The molecule has 0 saturated carbocycles. The Balaban J connectivity index is 1.67. The number of aromatic nitrogens is 4. The van der Waals surface area contributed by atoms with Crippen LogP contribution in [0.5, 0.6) is 0 Å². The summed E-state index contributed by atoms with van der Waals surface area (Å²) in [6.45, 7) is 1.85. The molecule has 0 aromatic carbocycles. The molecule has 2 aromatic rings. The molecule has 0 spiro atoms. The molecule has 110 valence electrons. The second kappa shape index (κ2) is 6.34. The van der Waals surface area contributed by atoms with Crippen LogP contribution in [0, 0.1) is 0 Å². The molecule has 0 radical (unpaired) electrons. The maximum absolute atomic E-state index is 4.39. The highest BCUT2D eigenvalue weighted by molar-refractivity contribution is 5.50. The van der Waals surface area contributed by atoms with Gasteiger partial charge in [-0.2, -0.15) is 0 Å². The molecule has 1 saturated heterocycles. The van der Waals surface area contributed by atoms with Crippen LogP contribution in [0.2, 0.25) is 0 Å². The van der Waals surface area contributed by atoms with Crippen molar-refractivity contribution in [2.45, 2.75) is 18.9 Å². The average molecular weight is 285 g/mol. The first-order valence-electron chi connectivity index (χ1n) is 7.13. The van der Waals surface area contributed by atoms with Crippen LogP contribution < -0.4 is 15.5 Å². The average Bonchev–Trinajstić information content (AvgIpc) is 3.02. The fourth-order valence-corrected chi connectivity index (χ4v) is 2.60. The molecule has 7 heteroatoms. The van der Waals surface area contributed by atoms with Crippen LogP contribution in [0.4, 0.5) is 17.5 Å². The molecule has 7 nitrogen and oxygen atoms in total. The normalized spacial score (nSPS) is 17.8. The lowest BCUT2D eigenvalue weighted by Gasteiger charge is -2.26. The fraction of sp³-hybridized carbons (Fsp3) is 0.429. The Labute approximate surface area is 123 Å². The Morgan fingerprint density at radius 3 is 3.00 bits per heavy atom. The summed E-state index contributed by atoms with van der Waals surface area (Å²) < 4.78 is 0. The van der Waals surface area contributed by atoms with Gasteiger partial charge in [0.2, 0.25) is 0 Å². The van der Waals surface area contributed by atoms with Crippen LogP contribution in [0.1, 0.15) is 12.8 Å². The summed E-state index contributed by atoms with van der Waals surface area (Å²) in [6.07, 6.45) is 9.03. The van der Waals surface area contributed by atoms with Gasteiger partial charge in [0.1, 0.15) is 23.8 Å². The summed E-state index contributed by atoms with van der Waals surface area (Å²) in [7, 11) is 1.86. The van der Waals surface area contributed by atoms with Gasteiger partial charge in [0, 0.05) is 44.6 Å². The van der Waals surface area contributed by atoms with Gasteiger partial charge in [0.15, 0.2) is 0 Å². The fourth-order valence-electron chi connectivity index (χ4n) is 2.60. The van der Waals surface area contributed by atoms with Crippen LogP contribution in [0.15, 0.2) is 31.0 Å². The third-order valence-corrected chi connectivity index (χ3v) is 3.66. The molecule has 1 fully saturated rings. The van der Waals surface area contributed by atoms with Crippen LogP contribution >= 0.6 is 0 Å². The first-order chi connectivity index (χ1) is 10.4. The molecule has 0 bridgehead atoms. The lowest BCUT2D eigenvalue weighted by atomic mass is 10.2. The Kier molecular flexibility index (Phi) is 4.09. The number of nitrogens with one attached hydrogen (secondary N) is 2. The summed E-state index contributed by atoms with van der Waals surface area (Å²) in [5.41, 5.74) is 0. The third kappa shape index (κ3) is 3.18. The van der Waals surface area contributed by atoms with Gasteiger partial charge in [0.25, 0.3) is 0 Å². The van der Waals surface area contributed by atoms with E-state index in [4.69, 9.17) is 0 Å². The van der Waals surface area contributed by atoms with E-state index in [1.165, 1.54) is 6.42 Å². The molecule has 2 N–H and O–H groups in total. The van der Waals surface area contributed by atoms with E-state index < -0.39 is 0 Å². The zero-order valence-electron chi connectivity index (χ0n) is 12.0. The van der Waals surface area contributed by atoms with Gasteiger partial charge in [-0.25, -0.2) is 15.0 Å². The largest absolute Gasteiger partial charge is 0.373 e. The highest BCUT2D eigenvalue weighted by Gasteiger charge is 2.25. The highest BCUT2D eigenvalue weighted by Crippen LogP contribution is 2.24. The SMILES string of the molecule is CNc1cc(N2CCCC2CNc2cnccn2)ncn1. The van der Waals surface area contributed by atoms with Crippen molar-refractivity contribution < 1.29 is 0 Å². The molecule has 21 heavy (non-hydrogen) atoms. The summed E-state index contributed by atoms with van der Waals surface area (Å²) in [5, 5.41) is 6.39. The number of anilines is 3. The van der Waals surface area contributed by atoms with Crippen molar-refractivity contribution in [3.05, 3.63) is 31.0 Å². The number of hydrogen-bond donors (Lipinski definition) is 2. The molecule has 1 aliphatic rings. The number of rotatable bonds is 5. The Morgan fingerprint density at radius 2 is 2.19 bits per heavy atom. The second-order valence-corrected chi connectivity index (χ2v) is 4.97. The predicted octanol–water partition coefficient (Wildman–Crippen LogP) is 1.39. The summed E-state index contributed by atoms with van der Waals surface area (Å²) in [6, 6.07) is 2.40. The van der Waals surface area contributed by atoms with Gasteiger partial charge in [-0.3, -0.25) is 4.98 Å². The zero-order chi connectivity index (χ0) is 14.5. The lowest BCUT2D eigenvalue weighted by Crippen LogP contribution is -2.35. The molecular weight excluding hydrogens is 266 g/mol. The van der Waals surface area contributed by atoms with Crippen LogP contribution in [-0.2, 0) is 0 Å². The van der Waals surface area contributed by atoms with Crippen molar-refractivity contribution in [3.63, 3.8) is 0 Å². The molecule has 0 aliphatic carbocycles. The van der Waals surface area contributed by atoms with E-state index in [-0.39, 0.29) is 0 Å². The molecule has 2 aromatic heterocycles. The van der Waals surface area contributed by atoms with Crippen LogP contribution in [0.3, 0.4) is 0 Å². The van der Waals surface area contributed by atoms with E-state index in [0.717, 1.165) is 37.0 Å². The molecule has 1 unspecified atom stereocenters. The smallest absolute Gasteiger partial charge is 0.144 e. The maximum atomic E-state index is 4.39. The van der Waals surface area contributed by atoms with Gasteiger partial charge in [0.05, 0.1) is 6.20 Å². The first-order valence-corrected chi connectivity index (χ1v) is 7.13. The van der Waals surface area contributed by atoms with Gasteiger partial charge in [-0.05, 0) is 12.8 Å². The van der Waals surface area contributed by atoms with Gasteiger partial charge in [-0.15, -0.1) is 0 Å². The van der Waals surface area contributed by atoms with E-state index in [0.29, 0.717) is 6.04 Å². The topological polar surface area (TPSA) is 78.9 Å². The van der Waals surface area contributed by atoms with Crippen molar-refractivity contribution >= 4 is 17.5 Å². The Morgan fingerprint density at radius 1 is 1.24 bits per heavy atom. The van der Waals surface area contributed by atoms with Crippen molar-refractivity contribution in [1.29, 1.82) is 0 Å². The lowest BCUT2D eigenvalue weighted by molar-refractivity contribution is 0.688. The van der Waals surface area contributed by atoms with Gasteiger partial charge < -0.3 is 15.5 Å². The summed E-state index contributed by atoms with van der Waals surface area (Å²) in [5.74, 6) is 2.62. The van der Waals surface area contributed by atoms with Crippen molar-refractivity contribution in [1.82, 2.24) is 19.9 Å². The highest BCUT2D eigenvalue weighted by atomic mass is 15.3. The molecule has 1 aliphatic heterocycles. The van der Waals surface area contributed by atoms with E-state index >= 15 is 0 Å². The quantitative estimate of drug-likeness (QED) is 0.859. The minimum Gasteiger partial charge on any atom is -0.373 e. The van der Waals surface area contributed by atoms with Crippen molar-refractivity contribution in [2.24, 2.45) is 0 Å². The second-order valence-electron chi connectivity index (χ2n) is 4.97. The molecule has 1 atom stereocenters. The Bertz CT molecular complexity index is 575. The third-order valence-electron chi connectivity index (χ3n) is 3.66. The Hall–Kier alpha value is -2.44. The van der Waals surface area contributed by atoms with E-state index in [2.05, 4.69) is 35.5 Å². The van der Waals surface area contributed by atoms with Crippen molar-refractivity contribution in [2.75, 3.05) is 35.7 Å². The van der Waals surface area contributed by atoms with Gasteiger partial charge in [-0.1, -0.05) is 0 Å². The minimum absolute atomic E-state index is 0.409. The molecule has 0 amide bonds. The first kappa shape index (κ1) is 13.5. The maximum Gasteiger partial charge on any atom is 0.144 e. The minimum atomic E-state index is 0.409. The number of hydrogen-bond acceptors (Lipinski definition) is 7. The predicted molar refractivity (Wildman–Crippen MR) is 82.5 cm³/mol. The van der Waals surface area contributed by atoms with Gasteiger partial charge >= 0.3 is 0 Å². The molecule has 3 rings (SSSR count). The van der Waals surface area contributed by atoms with Crippen LogP contribution in [-0.4, -0.2) is 46.1 Å². The van der Waals surface area contributed by atoms with E-state index in [1.54, 1.807) is 24.9 Å². The molecule has 3 heterocycles. The van der Waals surface area contributed by atoms with Crippen LogP contribution in [0.25, 0.3) is 0 Å². The number of nitrogens with zero attached hydrogens (tertiary/aromatic N) is 5. The summed E-state index contributed by atoms with van der Waals surface area (Å²) in [4.78, 5) is 19.2. The zero-order valence-corrected chi connectivity index (χ0v) is 12.0. The van der Waals surface area contributed by atoms with E-state index in [1.807, 2.05) is 13.1 Å².